The molecule has 0 fully saturated rings. The largest absolute Gasteiger partial charge is 0.458 e. The van der Waals surface area contributed by atoms with Gasteiger partial charge in [-0.2, -0.15) is 0 Å². The molecule has 3 nitrogen and oxygen atoms in total. The summed E-state index contributed by atoms with van der Waals surface area (Å²) in [6, 6.07) is 53.0. The van der Waals surface area contributed by atoms with Crippen LogP contribution in [0, 0.1) is 13.8 Å². The molecule has 0 bridgehead atoms. The Bertz CT molecular complexity index is 2460. The van der Waals surface area contributed by atoms with E-state index < -0.39 is 8.07 Å². The van der Waals surface area contributed by atoms with Gasteiger partial charge in [-0.05, 0) is 93.4 Å². The van der Waals surface area contributed by atoms with E-state index in [-0.39, 0.29) is 12.1 Å². The van der Waals surface area contributed by atoms with E-state index in [0.717, 1.165) is 73.0 Å². The fourth-order valence-electron chi connectivity index (χ4n) is 8.27. The van der Waals surface area contributed by atoms with Crippen LogP contribution in [-0.2, 0) is 5.41 Å². The second kappa shape index (κ2) is 13.5. The van der Waals surface area contributed by atoms with Crippen LogP contribution >= 0.6 is 0 Å². The van der Waals surface area contributed by atoms with E-state index in [1.54, 1.807) is 0 Å². The lowest BCUT2D eigenvalue weighted by atomic mass is 9.34. The monoisotopic (exact) mass is 745 g/mol. The number of hydrogen-bond donors (Lipinski definition) is 0. The SMILES string of the molecule is Cc1ccc(C(C)(C)C)cc1N(c1cc2c3c(c1)Oc1cc(-c4ccccc4)ccc1B3c1ccc(-c3ccccc3)cc1O2)c1cc([Si](C)(C)C)ccc1C. The topological polar surface area (TPSA) is 21.7 Å². The van der Waals surface area contributed by atoms with Crippen molar-refractivity contribution >= 4 is 53.4 Å². The molecule has 0 N–H and O–H groups in total. The zero-order chi connectivity index (χ0) is 38.9. The van der Waals surface area contributed by atoms with Crippen LogP contribution < -0.4 is 35.9 Å². The Kier molecular flexibility index (Phi) is 8.63. The van der Waals surface area contributed by atoms with Gasteiger partial charge in [-0.3, -0.25) is 0 Å². The quantitative estimate of drug-likeness (QED) is 0.158. The summed E-state index contributed by atoms with van der Waals surface area (Å²) in [6.07, 6.45) is 0. The molecule has 276 valence electrons. The maximum atomic E-state index is 7.07. The number of anilines is 3. The predicted molar refractivity (Wildman–Crippen MR) is 241 cm³/mol. The van der Waals surface area contributed by atoms with Crippen molar-refractivity contribution in [2.45, 2.75) is 59.7 Å². The van der Waals surface area contributed by atoms with Crippen LogP contribution in [0.5, 0.6) is 23.0 Å². The van der Waals surface area contributed by atoms with Crippen molar-refractivity contribution in [3.05, 3.63) is 162 Å². The minimum Gasteiger partial charge on any atom is -0.458 e. The van der Waals surface area contributed by atoms with Gasteiger partial charge < -0.3 is 14.4 Å². The van der Waals surface area contributed by atoms with Gasteiger partial charge in [-0.15, -0.1) is 0 Å². The minimum absolute atomic E-state index is 0.0228. The highest BCUT2D eigenvalue weighted by Gasteiger charge is 2.41. The second-order valence-corrected chi connectivity index (χ2v) is 22.6. The van der Waals surface area contributed by atoms with Gasteiger partial charge in [0.25, 0.3) is 6.71 Å². The molecular formula is C51H48BNO2Si. The van der Waals surface area contributed by atoms with Crippen molar-refractivity contribution in [1.29, 1.82) is 0 Å². The molecule has 0 radical (unpaired) electrons. The first kappa shape index (κ1) is 35.9. The Morgan fingerprint density at radius 1 is 0.500 bits per heavy atom. The Morgan fingerprint density at radius 3 is 1.50 bits per heavy atom. The molecule has 0 saturated heterocycles. The van der Waals surface area contributed by atoms with Gasteiger partial charge in [0.05, 0.1) is 13.8 Å². The van der Waals surface area contributed by atoms with E-state index in [1.165, 1.54) is 27.6 Å². The lowest BCUT2D eigenvalue weighted by Gasteiger charge is -2.36. The Morgan fingerprint density at radius 2 is 1.00 bits per heavy atom. The van der Waals surface area contributed by atoms with Gasteiger partial charge in [0.1, 0.15) is 23.0 Å². The van der Waals surface area contributed by atoms with E-state index in [2.05, 4.69) is 205 Å². The molecule has 7 aromatic carbocycles. The van der Waals surface area contributed by atoms with Crippen LogP contribution in [0.3, 0.4) is 0 Å². The van der Waals surface area contributed by atoms with Crippen molar-refractivity contribution in [3.8, 4) is 45.3 Å². The molecule has 5 heteroatoms. The van der Waals surface area contributed by atoms with E-state index >= 15 is 0 Å². The van der Waals surface area contributed by atoms with Gasteiger partial charge in [0.2, 0.25) is 0 Å². The summed E-state index contributed by atoms with van der Waals surface area (Å²) in [5.41, 5.74) is 15.0. The number of rotatable bonds is 6. The molecule has 0 amide bonds. The first-order valence-electron chi connectivity index (χ1n) is 19.8. The van der Waals surface area contributed by atoms with Gasteiger partial charge in [0, 0.05) is 29.0 Å². The van der Waals surface area contributed by atoms with Crippen molar-refractivity contribution in [2.75, 3.05) is 4.90 Å². The zero-order valence-corrected chi connectivity index (χ0v) is 34.7. The number of hydrogen-bond acceptors (Lipinski definition) is 3. The molecule has 2 heterocycles. The van der Waals surface area contributed by atoms with Crippen molar-refractivity contribution < 1.29 is 9.47 Å². The molecule has 0 saturated carbocycles. The van der Waals surface area contributed by atoms with Gasteiger partial charge in [0.15, 0.2) is 0 Å². The normalized spacial score (nSPS) is 12.9. The van der Waals surface area contributed by atoms with Gasteiger partial charge >= 0.3 is 0 Å². The van der Waals surface area contributed by atoms with E-state index in [4.69, 9.17) is 9.47 Å². The molecule has 0 spiro atoms. The average Bonchev–Trinajstić information content (AvgIpc) is 3.18. The molecule has 0 aliphatic carbocycles. The third-order valence-corrected chi connectivity index (χ3v) is 13.6. The summed E-state index contributed by atoms with van der Waals surface area (Å²) in [6.45, 7) is 18.5. The van der Waals surface area contributed by atoms with Crippen LogP contribution in [-0.4, -0.2) is 14.8 Å². The summed E-state index contributed by atoms with van der Waals surface area (Å²) < 4.78 is 14.1. The molecule has 56 heavy (non-hydrogen) atoms. The molecule has 0 unspecified atom stereocenters. The summed E-state index contributed by atoms with van der Waals surface area (Å²) >= 11 is 0. The summed E-state index contributed by atoms with van der Waals surface area (Å²) in [5.74, 6) is 3.40. The lowest BCUT2D eigenvalue weighted by molar-refractivity contribution is 0.465. The highest BCUT2D eigenvalue weighted by molar-refractivity contribution is 6.98. The summed E-state index contributed by atoms with van der Waals surface area (Å²) in [5, 5.41) is 1.42. The van der Waals surface area contributed by atoms with Crippen LogP contribution in [0.4, 0.5) is 17.1 Å². The molecule has 0 aromatic heterocycles. The second-order valence-electron chi connectivity index (χ2n) is 17.6. The molecule has 2 aliphatic rings. The molecular weight excluding hydrogens is 697 g/mol. The predicted octanol–water partition coefficient (Wildman–Crippen LogP) is 11.7. The third kappa shape index (κ3) is 6.34. The van der Waals surface area contributed by atoms with Crippen molar-refractivity contribution in [2.24, 2.45) is 0 Å². The van der Waals surface area contributed by atoms with Crippen LogP contribution in [0.1, 0.15) is 37.5 Å². The summed E-state index contributed by atoms with van der Waals surface area (Å²) in [7, 11) is -1.65. The first-order chi connectivity index (χ1) is 26.8. The standard InChI is InChI=1S/C51H48BNO2Si/c1-33-19-23-39(51(3,4)5)29-44(33)53(45-32-41(56(6,7)8)24-20-34(45)2)40-30-48-50-49(31-40)55-47-28-38(36-17-13-10-14-18-36)22-26-43(47)52(50)42-25-21-37(27-46(42)54-48)35-15-11-9-12-16-35/h9-32H,1-8H3. The average molecular weight is 746 g/mol. The van der Waals surface area contributed by atoms with E-state index in [1.807, 2.05) is 0 Å². The highest BCUT2D eigenvalue weighted by Crippen LogP contribution is 2.45. The first-order valence-corrected chi connectivity index (χ1v) is 23.3. The van der Waals surface area contributed by atoms with Crippen molar-refractivity contribution in [1.82, 2.24) is 0 Å². The maximum Gasteiger partial charge on any atom is 0.260 e. The van der Waals surface area contributed by atoms with Gasteiger partial charge in [-0.25, -0.2) is 0 Å². The van der Waals surface area contributed by atoms with Crippen LogP contribution in [0.2, 0.25) is 19.6 Å². The Labute approximate surface area is 333 Å². The minimum atomic E-state index is -1.65. The van der Waals surface area contributed by atoms with Gasteiger partial charge in [-0.1, -0.05) is 155 Å². The van der Waals surface area contributed by atoms with Crippen molar-refractivity contribution in [3.63, 3.8) is 0 Å². The van der Waals surface area contributed by atoms with Crippen LogP contribution in [0.15, 0.2) is 146 Å². The zero-order valence-electron chi connectivity index (χ0n) is 33.7. The number of aryl methyl sites for hydroxylation is 2. The highest BCUT2D eigenvalue weighted by atomic mass is 28.3. The van der Waals surface area contributed by atoms with E-state index in [9.17, 15) is 0 Å². The molecule has 7 aromatic rings. The number of ether oxygens (including phenoxy) is 2. The number of nitrogens with zero attached hydrogens (tertiary/aromatic N) is 1. The lowest BCUT2D eigenvalue weighted by Crippen LogP contribution is -2.57. The fraction of sp³-hybridized carbons (Fsp3) is 0.176. The Hall–Kier alpha value is -5.78. The third-order valence-electron chi connectivity index (χ3n) is 11.6. The molecule has 0 atom stereocenters. The van der Waals surface area contributed by atoms with Crippen LogP contribution in [0.25, 0.3) is 22.3 Å². The summed E-state index contributed by atoms with van der Waals surface area (Å²) in [4.78, 5) is 2.45. The smallest absolute Gasteiger partial charge is 0.260 e. The number of fused-ring (bicyclic) bond motifs is 4. The van der Waals surface area contributed by atoms with E-state index in [0.29, 0.717) is 0 Å². The fourth-order valence-corrected chi connectivity index (χ4v) is 9.42. The number of benzene rings is 7. The maximum absolute atomic E-state index is 7.07. The molecule has 2 aliphatic heterocycles. The molecule has 9 rings (SSSR count). The Balaban J connectivity index is 1.29.